The van der Waals surface area contributed by atoms with Gasteiger partial charge in [0, 0.05) is 12.1 Å². The molecule has 0 radical (unpaired) electrons. The Balaban J connectivity index is 2.26. The van der Waals surface area contributed by atoms with Crippen molar-refractivity contribution in [1.29, 1.82) is 0 Å². The molecule has 0 amide bonds. The van der Waals surface area contributed by atoms with Gasteiger partial charge in [-0.1, -0.05) is 12.1 Å². The molecule has 0 bridgehead atoms. The van der Waals surface area contributed by atoms with E-state index in [1.807, 2.05) is 42.8 Å². The highest BCUT2D eigenvalue weighted by atomic mass is 16.4. The van der Waals surface area contributed by atoms with E-state index >= 15 is 0 Å². The maximum absolute atomic E-state index is 10.5. The van der Waals surface area contributed by atoms with E-state index in [9.17, 15) is 4.79 Å². The molecule has 0 fully saturated rings. The molecule has 0 aliphatic rings. The normalized spacial score (nSPS) is 10.6. The van der Waals surface area contributed by atoms with Crippen LogP contribution in [0.25, 0.3) is 5.69 Å². The molecule has 0 aliphatic heterocycles. The van der Waals surface area contributed by atoms with Crippen molar-refractivity contribution < 1.29 is 9.90 Å². The van der Waals surface area contributed by atoms with Crippen LogP contribution in [0, 0.1) is 13.8 Å². The molecule has 0 saturated carbocycles. The third-order valence-electron chi connectivity index (χ3n) is 2.78. The fourth-order valence-electron chi connectivity index (χ4n) is 1.92. The van der Waals surface area contributed by atoms with Crippen molar-refractivity contribution in [2.24, 2.45) is 0 Å². The zero-order chi connectivity index (χ0) is 13.1. The Bertz CT molecular complexity index is 573. The second kappa shape index (κ2) is 5.04. The number of carboxylic acids is 1. The Hall–Kier alpha value is -2.10. The number of nitrogens with zero attached hydrogens (tertiary/aromatic N) is 2. The van der Waals surface area contributed by atoms with Crippen LogP contribution in [0.15, 0.2) is 30.3 Å². The van der Waals surface area contributed by atoms with Crippen LogP contribution in [0.3, 0.4) is 0 Å². The van der Waals surface area contributed by atoms with Gasteiger partial charge in [-0.3, -0.25) is 4.79 Å². The van der Waals surface area contributed by atoms with E-state index in [0.717, 1.165) is 17.1 Å². The van der Waals surface area contributed by atoms with E-state index in [4.69, 9.17) is 5.11 Å². The molecule has 94 valence electrons. The smallest absolute Gasteiger partial charge is 0.303 e. The van der Waals surface area contributed by atoms with Crippen LogP contribution >= 0.6 is 0 Å². The quantitative estimate of drug-likeness (QED) is 0.899. The van der Waals surface area contributed by atoms with E-state index < -0.39 is 5.97 Å². The van der Waals surface area contributed by atoms with Gasteiger partial charge in [-0.15, -0.1) is 0 Å². The highest BCUT2D eigenvalue weighted by molar-refractivity contribution is 5.66. The fourth-order valence-corrected chi connectivity index (χ4v) is 1.92. The third-order valence-corrected chi connectivity index (χ3v) is 2.78. The summed E-state index contributed by atoms with van der Waals surface area (Å²) in [4.78, 5) is 10.5. The molecule has 1 heterocycles. The first kappa shape index (κ1) is 12.4. The summed E-state index contributed by atoms with van der Waals surface area (Å²) in [7, 11) is 0. The van der Waals surface area contributed by atoms with E-state index in [1.54, 1.807) is 0 Å². The number of hydrogen-bond donors (Lipinski definition) is 1. The number of aliphatic carboxylic acids is 1. The van der Waals surface area contributed by atoms with Gasteiger partial charge in [0.15, 0.2) is 0 Å². The number of benzene rings is 1. The maximum Gasteiger partial charge on any atom is 0.303 e. The molecule has 0 aliphatic carbocycles. The average molecular weight is 244 g/mol. The van der Waals surface area contributed by atoms with Crippen molar-refractivity contribution in [3.63, 3.8) is 0 Å². The fraction of sp³-hybridized carbons (Fsp3) is 0.286. The highest BCUT2D eigenvalue weighted by Crippen LogP contribution is 2.14. The molecule has 0 atom stereocenters. The Morgan fingerprint density at radius 3 is 2.78 bits per heavy atom. The highest BCUT2D eigenvalue weighted by Gasteiger charge is 2.07. The van der Waals surface area contributed by atoms with Gasteiger partial charge in [0.05, 0.1) is 17.8 Å². The lowest BCUT2D eigenvalue weighted by Gasteiger charge is -2.04. The molecule has 2 aromatic rings. The van der Waals surface area contributed by atoms with Crippen LogP contribution in [-0.2, 0) is 11.2 Å². The van der Waals surface area contributed by atoms with Gasteiger partial charge < -0.3 is 5.11 Å². The van der Waals surface area contributed by atoms with E-state index in [1.165, 1.54) is 5.56 Å². The molecule has 2 rings (SSSR count). The lowest BCUT2D eigenvalue weighted by atomic mass is 10.2. The molecular weight excluding hydrogens is 228 g/mol. The van der Waals surface area contributed by atoms with Crippen LogP contribution in [0.4, 0.5) is 0 Å². The van der Waals surface area contributed by atoms with E-state index in [0.29, 0.717) is 6.42 Å². The average Bonchev–Trinajstić information content (AvgIpc) is 2.68. The van der Waals surface area contributed by atoms with Crippen LogP contribution in [-0.4, -0.2) is 20.9 Å². The molecule has 1 aromatic carbocycles. The minimum atomic E-state index is -0.794. The Morgan fingerprint density at radius 1 is 1.33 bits per heavy atom. The summed E-state index contributed by atoms with van der Waals surface area (Å²) in [6, 6.07) is 10.0. The van der Waals surface area contributed by atoms with Crippen LogP contribution in [0.5, 0.6) is 0 Å². The summed E-state index contributed by atoms with van der Waals surface area (Å²) in [6.45, 7) is 4.01. The second-order valence-electron chi connectivity index (χ2n) is 4.42. The van der Waals surface area contributed by atoms with E-state index in [-0.39, 0.29) is 6.42 Å². The predicted octanol–water partition coefficient (Wildman–Crippen LogP) is 2.51. The standard InChI is InChI=1S/C14H16N2O2/c1-10-4-3-5-13(8-10)16-11(2)9-12(15-16)6-7-14(17)18/h3-5,8-9H,6-7H2,1-2H3,(H,17,18). The zero-order valence-corrected chi connectivity index (χ0v) is 10.6. The first-order valence-electron chi connectivity index (χ1n) is 5.90. The first-order chi connectivity index (χ1) is 8.56. The molecule has 1 aromatic heterocycles. The molecular formula is C14H16N2O2. The number of rotatable bonds is 4. The van der Waals surface area contributed by atoms with Gasteiger partial charge in [0.1, 0.15) is 0 Å². The molecule has 0 unspecified atom stereocenters. The van der Waals surface area contributed by atoms with Gasteiger partial charge in [0.2, 0.25) is 0 Å². The number of aromatic nitrogens is 2. The monoisotopic (exact) mass is 244 g/mol. The van der Waals surface area contributed by atoms with Crippen LogP contribution < -0.4 is 0 Å². The molecule has 1 N–H and O–H groups in total. The summed E-state index contributed by atoms with van der Waals surface area (Å²) in [5, 5.41) is 13.1. The number of carbonyl (C=O) groups is 1. The predicted molar refractivity (Wildman–Crippen MR) is 69.0 cm³/mol. The summed E-state index contributed by atoms with van der Waals surface area (Å²) < 4.78 is 1.85. The molecule has 4 nitrogen and oxygen atoms in total. The molecule has 4 heteroatoms. The molecule has 0 saturated heterocycles. The van der Waals surface area contributed by atoms with Crippen molar-refractivity contribution in [3.05, 3.63) is 47.3 Å². The lowest BCUT2D eigenvalue weighted by molar-refractivity contribution is -0.136. The summed E-state index contributed by atoms with van der Waals surface area (Å²) in [5.74, 6) is -0.794. The maximum atomic E-state index is 10.5. The number of hydrogen-bond acceptors (Lipinski definition) is 2. The Morgan fingerprint density at radius 2 is 2.11 bits per heavy atom. The van der Waals surface area contributed by atoms with Gasteiger partial charge in [-0.2, -0.15) is 5.10 Å². The summed E-state index contributed by atoms with van der Waals surface area (Å²) in [6.07, 6.45) is 0.583. The summed E-state index contributed by atoms with van der Waals surface area (Å²) >= 11 is 0. The van der Waals surface area contributed by atoms with E-state index in [2.05, 4.69) is 11.2 Å². The van der Waals surface area contributed by atoms with Crippen molar-refractivity contribution >= 4 is 5.97 Å². The number of aryl methyl sites for hydroxylation is 3. The van der Waals surface area contributed by atoms with Gasteiger partial charge in [-0.05, 0) is 37.6 Å². The SMILES string of the molecule is Cc1cccc(-n2nc(CCC(=O)O)cc2C)c1. The minimum Gasteiger partial charge on any atom is -0.481 e. The lowest BCUT2D eigenvalue weighted by Crippen LogP contribution is -2.01. The molecule has 0 spiro atoms. The zero-order valence-electron chi connectivity index (χ0n) is 10.6. The second-order valence-corrected chi connectivity index (χ2v) is 4.42. The third kappa shape index (κ3) is 2.77. The Kier molecular flexibility index (Phi) is 3.46. The summed E-state index contributed by atoms with van der Waals surface area (Å²) in [5.41, 5.74) is 4.01. The minimum absolute atomic E-state index is 0.115. The van der Waals surface area contributed by atoms with Crippen molar-refractivity contribution in [2.45, 2.75) is 26.7 Å². The number of carboxylic acid groups (broad SMARTS) is 1. The molecule has 18 heavy (non-hydrogen) atoms. The topological polar surface area (TPSA) is 55.1 Å². The van der Waals surface area contributed by atoms with Gasteiger partial charge in [-0.25, -0.2) is 4.68 Å². The van der Waals surface area contributed by atoms with Crippen LogP contribution in [0.1, 0.15) is 23.4 Å². The largest absolute Gasteiger partial charge is 0.481 e. The van der Waals surface area contributed by atoms with Crippen molar-refractivity contribution in [2.75, 3.05) is 0 Å². The van der Waals surface area contributed by atoms with Gasteiger partial charge in [0.25, 0.3) is 0 Å². The van der Waals surface area contributed by atoms with Crippen molar-refractivity contribution in [3.8, 4) is 5.69 Å². The first-order valence-corrected chi connectivity index (χ1v) is 5.90. The Labute approximate surface area is 106 Å². The van der Waals surface area contributed by atoms with Gasteiger partial charge >= 0.3 is 5.97 Å². The van der Waals surface area contributed by atoms with Crippen LogP contribution in [0.2, 0.25) is 0 Å². The van der Waals surface area contributed by atoms with Crippen molar-refractivity contribution in [1.82, 2.24) is 9.78 Å².